The molecule has 0 N–H and O–H groups in total. The first-order valence-electron chi connectivity index (χ1n) is 6.64. The standard InChI is InChI=1S/C16H12Cl2O5S/c1-24(21,22)12-4-2-3-11(7-12)16(20)23-9-15(19)10-5-6-13(17)14(18)8-10/h2-8H,9H2,1H3. The molecule has 0 spiro atoms. The summed E-state index contributed by atoms with van der Waals surface area (Å²) in [4.78, 5) is 24.0. The molecule has 0 atom stereocenters. The van der Waals surface area contributed by atoms with Gasteiger partial charge in [-0.05, 0) is 36.4 Å². The van der Waals surface area contributed by atoms with E-state index in [0.717, 1.165) is 6.26 Å². The summed E-state index contributed by atoms with van der Waals surface area (Å²) >= 11 is 11.6. The van der Waals surface area contributed by atoms with Crippen molar-refractivity contribution < 1.29 is 22.7 Å². The van der Waals surface area contributed by atoms with Crippen LogP contribution in [0.3, 0.4) is 0 Å². The van der Waals surface area contributed by atoms with Gasteiger partial charge in [0.1, 0.15) is 0 Å². The van der Waals surface area contributed by atoms with E-state index in [1.54, 1.807) is 0 Å². The van der Waals surface area contributed by atoms with Gasteiger partial charge in [-0.1, -0.05) is 29.3 Å². The SMILES string of the molecule is CS(=O)(=O)c1cccc(C(=O)OCC(=O)c2ccc(Cl)c(Cl)c2)c1. The molecule has 24 heavy (non-hydrogen) atoms. The number of carbonyl (C=O) groups is 2. The Morgan fingerprint density at radius 1 is 1.00 bits per heavy atom. The molecule has 0 heterocycles. The van der Waals surface area contributed by atoms with E-state index in [4.69, 9.17) is 27.9 Å². The normalized spacial score (nSPS) is 11.1. The molecular formula is C16H12Cl2O5S. The number of hydrogen-bond acceptors (Lipinski definition) is 5. The molecule has 0 aliphatic heterocycles. The second kappa shape index (κ2) is 7.34. The van der Waals surface area contributed by atoms with Crippen molar-refractivity contribution in [1.29, 1.82) is 0 Å². The van der Waals surface area contributed by atoms with Gasteiger partial charge in [-0.15, -0.1) is 0 Å². The fourth-order valence-electron chi connectivity index (χ4n) is 1.82. The fraction of sp³-hybridized carbons (Fsp3) is 0.125. The zero-order valence-electron chi connectivity index (χ0n) is 12.5. The topological polar surface area (TPSA) is 77.5 Å². The highest BCUT2D eigenvalue weighted by Gasteiger charge is 2.15. The molecular weight excluding hydrogens is 375 g/mol. The Balaban J connectivity index is 2.08. The number of halogens is 2. The monoisotopic (exact) mass is 386 g/mol. The maximum absolute atomic E-state index is 12.0. The lowest BCUT2D eigenvalue weighted by Crippen LogP contribution is -2.14. The first kappa shape index (κ1) is 18.4. The quantitative estimate of drug-likeness (QED) is 0.580. The molecule has 0 aromatic heterocycles. The van der Waals surface area contributed by atoms with E-state index in [1.807, 2.05) is 0 Å². The van der Waals surface area contributed by atoms with E-state index in [9.17, 15) is 18.0 Å². The van der Waals surface area contributed by atoms with Crippen molar-refractivity contribution in [1.82, 2.24) is 0 Å². The van der Waals surface area contributed by atoms with Crippen molar-refractivity contribution in [3.05, 3.63) is 63.6 Å². The van der Waals surface area contributed by atoms with Crippen LogP contribution in [0.1, 0.15) is 20.7 Å². The van der Waals surface area contributed by atoms with Crippen LogP contribution in [0.2, 0.25) is 10.0 Å². The molecule has 2 aromatic rings. The summed E-state index contributed by atoms with van der Waals surface area (Å²) in [5, 5.41) is 0.525. The fourth-order valence-corrected chi connectivity index (χ4v) is 2.79. The van der Waals surface area contributed by atoms with Gasteiger partial charge in [0, 0.05) is 11.8 Å². The summed E-state index contributed by atoms with van der Waals surface area (Å²) < 4.78 is 27.9. The number of esters is 1. The van der Waals surface area contributed by atoms with Gasteiger partial charge < -0.3 is 4.74 Å². The van der Waals surface area contributed by atoms with Crippen LogP contribution in [0.4, 0.5) is 0 Å². The Morgan fingerprint density at radius 2 is 1.71 bits per heavy atom. The van der Waals surface area contributed by atoms with Crippen LogP contribution in [0.5, 0.6) is 0 Å². The molecule has 0 bridgehead atoms. The van der Waals surface area contributed by atoms with Crippen molar-refractivity contribution in [3.8, 4) is 0 Å². The highest BCUT2D eigenvalue weighted by atomic mass is 35.5. The summed E-state index contributed by atoms with van der Waals surface area (Å²) in [6, 6.07) is 9.70. The number of rotatable bonds is 5. The number of Topliss-reactive ketones (excluding diaryl/α,β-unsaturated/α-hetero) is 1. The van der Waals surface area contributed by atoms with Crippen LogP contribution < -0.4 is 0 Å². The van der Waals surface area contributed by atoms with Crippen molar-refractivity contribution in [2.75, 3.05) is 12.9 Å². The second-order valence-corrected chi connectivity index (χ2v) is 7.76. The molecule has 2 rings (SSSR count). The lowest BCUT2D eigenvalue weighted by Gasteiger charge is -2.06. The summed E-state index contributed by atoms with van der Waals surface area (Å²) in [7, 11) is -3.44. The zero-order chi connectivity index (χ0) is 17.9. The molecule has 5 nitrogen and oxygen atoms in total. The van der Waals surface area contributed by atoms with Crippen LogP contribution in [0.25, 0.3) is 0 Å². The Labute approximate surface area is 149 Å². The summed E-state index contributed by atoms with van der Waals surface area (Å²) in [5.41, 5.74) is 0.293. The molecule has 0 saturated heterocycles. The van der Waals surface area contributed by atoms with Gasteiger partial charge in [-0.25, -0.2) is 13.2 Å². The maximum Gasteiger partial charge on any atom is 0.338 e. The first-order valence-corrected chi connectivity index (χ1v) is 9.29. The Bertz CT molecular complexity index is 906. The molecule has 0 fully saturated rings. The molecule has 0 saturated carbocycles. The Hall–Kier alpha value is -1.89. The number of ether oxygens (including phenoxy) is 1. The summed E-state index contributed by atoms with van der Waals surface area (Å²) in [6.45, 7) is -0.500. The first-order chi connectivity index (χ1) is 11.2. The third kappa shape index (κ3) is 4.56. The van der Waals surface area contributed by atoms with Crippen molar-refractivity contribution >= 4 is 44.8 Å². The molecule has 8 heteroatoms. The maximum atomic E-state index is 12.0. The molecule has 0 radical (unpaired) electrons. The van der Waals surface area contributed by atoms with Gasteiger partial charge in [-0.2, -0.15) is 0 Å². The molecule has 0 aliphatic rings. The van der Waals surface area contributed by atoms with E-state index in [-0.39, 0.29) is 21.0 Å². The minimum absolute atomic E-state index is 0.00670. The molecule has 0 aliphatic carbocycles. The lowest BCUT2D eigenvalue weighted by atomic mass is 10.1. The Morgan fingerprint density at radius 3 is 2.33 bits per heavy atom. The van der Waals surface area contributed by atoms with E-state index < -0.39 is 28.2 Å². The Kier molecular flexibility index (Phi) is 5.64. The van der Waals surface area contributed by atoms with Crippen molar-refractivity contribution in [2.24, 2.45) is 0 Å². The van der Waals surface area contributed by atoms with Crippen LogP contribution in [-0.4, -0.2) is 33.0 Å². The van der Waals surface area contributed by atoms with Crippen molar-refractivity contribution in [2.45, 2.75) is 4.90 Å². The number of hydrogen-bond donors (Lipinski definition) is 0. The van der Waals surface area contributed by atoms with E-state index in [1.165, 1.54) is 42.5 Å². The molecule has 0 unspecified atom stereocenters. The smallest absolute Gasteiger partial charge is 0.338 e. The summed E-state index contributed by atoms with van der Waals surface area (Å²) in [5.74, 6) is -1.25. The average Bonchev–Trinajstić information content (AvgIpc) is 2.54. The third-order valence-corrected chi connectivity index (χ3v) is 4.92. The van der Waals surface area contributed by atoms with Crippen LogP contribution in [-0.2, 0) is 14.6 Å². The predicted molar refractivity (Wildman–Crippen MR) is 90.6 cm³/mol. The van der Waals surface area contributed by atoms with E-state index in [2.05, 4.69) is 0 Å². The highest BCUT2D eigenvalue weighted by Crippen LogP contribution is 2.23. The van der Waals surface area contributed by atoms with Gasteiger partial charge >= 0.3 is 5.97 Å². The van der Waals surface area contributed by atoms with Gasteiger partial charge in [0.05, 0.1) is 20.5 Å². The number of sulfone groups is 1. The largest absolute Gasteiger partial charge is 0.454 e. The van der Waals surface area contributed by atoms with Gasteiger partial charge in [0.25, 0.3) is 0 Å². The predicted octanol–water partition coefficient (Wildman–Crippen LogP) is 3.44. The van der Waals surface area contributed by atoms with Crippen LogP contribution in [0.15, 0.2) is 47.4 Å². The minimum atomic E-state index is -3.44. The van der Waals surface area contributed by atoms with Crippen LogP contribution in [0, 0.1) is 0 Å². The van der Waals surface area contributed by atoms with E-state index >= 15 is 0 Å². The van der Waals surface area contributed by atoms with Crippen molar-refractivity contribution in [3.63, 3.8) is 0 Å². The van der Waals surface area contributed by atoms with Gasteiger partial charge in [-0.3, -0.25) is 4.79 Å². The third-order valence-electron chi connectivity index (χ3n) is 3.07. The summed E-state index contributed by atoms with van der Waals surface area (Å²) in [6.07, 6.45) is 1.03. The number of benzene rings is 2. The molecule has 126 valence electrons. The van der Waals surface area contributed by atoms with Crippen LogP contribution >= 0.6 is 23.2 Å². The van der Waals surface area contributed by atoms with Gasteiger partial charge in [0.15, 0.2) is 22.2 Å². The van der Waals surface area contributed by atoms with Gasteiger partial charge in [0.2, 0.25) is 0 Å². The lowest BCUT2D eigenvalue weighted by molar-refractivity contribution is 0.0474. The minimum Gasteiger partial charge on any atom is -0.454 e. The number of carbonyl (C=O) groups excluding carboxylic acids is 2. The zero-order valence-corrected chi connectivity index (χ0v) is 14.8. The average molecular weight is 387 g/mol. The molecule has 2 aromatic carbocycles. The van der Waals surface area contributed by atoms with E-state index in [0.29, 0.717) is 5.02 Å². The highest BCUT2D eigenvalue weighted by molar-refractivity contribution is 7.90. The molecule has 0 amide bonds. The number of ketones is 1. The second-order valence-electron chi connectivity index (χ2n) is 4.93.